The fourth-order valence-electron chi connectivity index (χ4n) is 1.69. The largest absolute Gasteiger partial charge is 0.437 e. The van der Waals surface area contributed by atoms with Gasteiger partial charge in [0.15, 0.2) is 5.75 Å². The minimum absolute atomic E-state index is 0.539. The predicted molar refractivity (Wildman–Crippen MR) is 71.8 cm³/mol. The van der Waals surface area contributed by atoms with Crippen LogP contribution in [-0.4, -0.2) is 9.97 Å². The van der Waals surface area contributed by atoms with E-state index in [2.05, 4.69) is 9.97 Å². The number of nitrogen functional groups attached to an aromatic ring is 1. The van der Waals surface area contributed by atoms with Crippen molar-refractivity contribution in [3.63, 3.8) is 0 Å². The molecule has 1 aromatic heterocycles. The standard InChI is InChI=1S/C14H17N3O/c1-4-11-8-13(17-10(3)16-11)18-12-7-5-6-9(2)14(12)15/h5-8H,4,15H2,1-3H3. The lowest BCUT2D eigenvalue weighted by molar-refractivity contribution is 0.460. The van der Waals surface area contributed by atoms with Crippen LogP contribution < -0.4 is 10.5 Å². The SMILES string of the molecule is CCc1cc(Oc2cccc(C)c2N)nc(C)n1. The van der Waals surface area contributed by atoms with Gasteiger partial charge in [-0.2, -0.15) is 4.98 Å². The highest BCUT2D eigenvalue weighted by atomic mass is 16.5. The van der Waals surface area contributed by atoms with Gasteiger partial charge in [-0.3, -0.25) is 0 Å². The Labute approximate surface area is 107 Å². The zero-order valence-electron chi connectivity index (χ0n) is 10.9. The molecule has 0 fully saturated rings. The lowest BCUT2D eigenvalue weighted by atomic mass is 10.2. The zero-order chi connectivity index (χ0) is 13.1. The van der Waals surface area contributed by atoms with Gasteiger partial charge in [0.05, 0.1) is 5.69 Å². The van der Waals surface area contributed by atoms with E-state index in [4.69, 9.17) is 10.5 Å². The Hall–Kier alpha value is -2.10. The van der Waals surface area contributed by atoms with E-state index in [1.165, 1.54) is 0 Å². The first-order valence-electron chi connectivity index (χ1n) is 5.97. The van der Waals surface area contributed by atoms with Crippen molar-refractivity contribution >= 4 is 5.69 Å². The summed E-state index contributed by atoms with van der Waals surface area (Å²) >= 11 is 0. The number of rotatable bonds is 3. The average Bonchev–Trinajstić information content (AvgIpc) is 2.34. The lowest BCUT2D eigenvalue weighted by Gasteiger charge is -2.10. The molecule has 0 unspecified atom stereocenters. The predicted octanol–water partition coefficient (Wildman–Crippen LogP) is 3.03. The molecule has 94 valence electrons. The summed E-state index contributed by atoms with van der Waals surface area (Å²) in [6.45, 7) is 5.85. The van der Waals surface area contributed by atoms with Gasteiger partial charge in [-0.1, -0.05) is 19.1 Å². The molecule has 0 bridgehead atoms. The molecule has 2 rings (SSSR count). The van der Waals surface area contributed by atoms with Crippen LogP contribution in [0.3, 0.4) is 0 Å². The van der Waals surface area contributed by atoms with Gasteiger partial charge < -0.3 is 10.5 Å². The number of ether oxygens (including phenoxy) is 1. The van der Waals surface area contributed by atoms with Crippen LogP contribution in [0.2, 0.25) is 0 Å². The normalized spacial score (nSPS) is 10.4. The van der Waals surface area contributed by atoms with Crippen molar-refractivity contribution in [2.45, 2.75) is 27.2 Å². The van der Waals surface area contributed by atoms with Gasteiger partial charge in [-0.25, -0.2) is 4.98 Å². The van der Waals surface area contributed by atoms with Crippen molar-refractivity contribution in [2.75, 3.05) is 5.73 Å². The van der Waals surface area contributed by atoms with Crippen LogP contribution >= 0.6 is 0 Å². The molecular weight excluding hydrogens is 226 g/mol. The molecular formula is C14H17N3O. The summed E-state index contributed by atoms with van der Waals surface area (Å²) in [5.41, 5.74) is 8.57. The van der Waals surface area contributed by atoms with E-state index in [1.54, 1.807) is 0 Å². The second kappa shape index (κ2) is 5.04. The number of aromatic nitrogens is 2. The summed E-state index contributed by atoms with van der Waals surface area (Å²) in [4.78, 5) is 8.57. The number of para-hydroxylation sites is 1. The van der Waals surface area contributed by atoms with Crippen molar-refractivity contribution in [3.8, 4) is 11.6 Å². The average molecular weight is 243 g/mol. The van der Waals surface area contributed by atoms with Crippen molar-refractivity contribution in [1.82, 2.24) is 9.97 Å². The zero-order valence-corrected chi connectivity index (χ0v) is 10.9. The van der Waals surface area contributed by atoms with Crippen LogP contribution in [0.5, 0.6) is 11.6 Å². The third kappa shape index (κ3) is 2.59. The van der Waals surface area contributed by atoms with E-state index in [-0.39, 0.29) is 0 Å². The first-order valence-corrected chi connectivity index (χ1v) is 5.97. The Morgan fingerprint density at radius 1 is 1.22 bits per heavy atom. The van der Waals surface area contributed by atoms with E-state index in [0.29, 0.717) is 23.1 Å². The molecule has 2 aromatic rings. The fraction of sp³-hybridized carbons (Fsp3) is 0.286. The Kier molecular flexibility index (Phi) is 3.46. The first-order chi connectivity index (χ1) is 8.60. The summed E-state index contributed by atoms with van der Waals surface area (Å²) in [5.74, 6) is 1.88. The summed E-state index contributed by atoms with van der Waals surface area (Å²) in [6.07, 6.45) is 0.850. The molecule has 0 radical (unpaired) electrons. The Morgan fingerprint density at radius 2 is 2.00 bits per heavy atom. The van der Waals surface area contributed by atoms with Crippen LogP contribution in [-0.2, 0) is 6.42 Å². The molecule has 0 atom stereocenters. The maximum absolute atomic E-state index is 5.97. The minimum atomic E-state index is 0.539. The molecule has 0 spiro atoms. The molecule has 0 saturated heterocycles. The van der Waals surface area contributed by atoms with Crippen molar-refractivity contribution < 1.29 is 4.74 Å². The van der Waals surface area contributed by atoms with E-state index in [1.807, 2.05) is 45.0 Å². The Balaban J connectivity index is 2.34. The number of anilines is 1. The van der Waals surface area contributed by atoms with Gasteiger partial charge in [0, 0.05) is 11.8 Å². The molecule has 0 saturated carbocycles. The van der Waals surface area contributed by atoms with Crippen LogP contribution in [0.25, 0.3) is 0 Å². The number of aryl methyl sites for hydroxylation is 3. The van der Waals surface area contributed by atoms with Crippen LogP contribution in [0.4, 0.5) is 5.69 Å². The summed E-state index contributed by atoms with van der Waals surface area (Å²) in [5, 5.41) is 0. The molecule has 0 aliphatic carbocycles. The highest BCUT2D eigenvalue weighted by Gasteiger charge is 2.07. The van der Waals surface area contributed by atoms with Crippen LogP contribution in [0.1, 0.15) is 24.0 Å². The topological polar surface area (TPSA) is 61.0 Å². The smallest absolute Gasteiger partial charge is 0.222 e. The summed E-state index contributed by atoms with van der Waals surface area (Å²) in [7, 11) is 0. The third-order valence-corrected chi connectivity index (χ3v) is 2.73. The molecule has 1 heterocycles. The highest BCUT2D eigenvalue weighted by molar-refractivity contribution is 5.58. The molecule has 18 heavy (non-hydrogen) atoms. The van der Waals surface area contributed by atoms with Crippen LogP contribution in [0.15, 0.2) is 24.3 Å². The lowest BCUT2D eigenvalue weighted by Crippen LogP contribution is -1.99. The van der Waals surface area contributed by atoms with Crippen molar-refractivity contribution in [1.29, 1.82) is 0 Å². The van der Waals surface area contributed by atoms with Gasteiger partial charge in [0.2, 0.25) is 5.88 Å². The van der Waals surface area contributed by atoms with Gasteiger partial charge in [0.25, 0.3) is 0 Å². The minimum Gasteiger partial charge on any atom is -0.437 e. The fourth-order valence-corrected chi connectivity index (χ4v) is 1.69. The molecule has 0 aliphatic rings. The number of hydrogen-bond donors (Lipinski definition) is 1. The maximum Gasteiger partial charge on any atom is 0.222 e. The quantitative estimate of drug-likeness (QED) is 0.842. The molecule has 4 nitrogen and oxygen atoms in total. The van der Waals surface area contributed by atoms with E-state index >= 15 is 0 Å². The summed E-state index contributed by atoms with van der Waals surface area (Å²) < 4.78 is 5.74. The van der Waals surface area contributed by atoms with E-state index < -0.39 is 0 Å². The highest BCUT2D eigenvalue weighted by Crippen LogP contribution is 2.28. The number of benzene rings is 1. The molecule has 0 aliphatic heterocycles. The van der Waals surface area contributed by atoms with Gasteiger partial charge in [-0.15, -0.1) is 0 Å². The monoisotopic (exact) mass is 243 g/mol. The van der Waals surface area contributed by atoms with Crippen molar-refractivity contribution in [2.24, 2.45) is 0 Å². The Morgan fingerprint density at radius 3 is 2.72 bits per heavy atom. The summed E-state index contributed by atoms with van der Waals surface area (Å²) in [6, 6.07) is 7.54. The molecule has 2 N–H and O–H groups in total. The van der Waals surface area contributed by atoms with Gasteiger partial charge >= 0.3 is 0 Å². The second-order valence-electron chi connectivity index (χ2n) is 4.19. The number of nitrogens with zero attached hydrogens (tertiary/aromatic N) is 2. The van der Waals surface area contributed by atoms with Crippen molar-refractivity contribution in [3.05, 3.63) is 41.3 Å². The third-order valence-electron chi connectivity index (χ3n) is 2.73. The van der Waals surface area contributed by atoms with E-state index in [9.17, 15) is 0 Å². The maximum atomic E-state index is 5.97. The molecule has 1 aromatic carbocycles. The molecule has 0 amide bonds. The number of hydrogen-bond acceptors (Lipinski definition) is 4. The van der Waals surface area contributed by atoms with E-state index in [0.717, 1.165) is 17.7 Å². The van der Waals surface area contributed by atoms with Gasteiger partial charge in [0.1, 0.15) is 5.82 Å². The first kappa shape index (κ1) is 12.4. The second-order valence-corrected chi connectivity index (χ2v) is 4.19. The molecule has 4 heteroatoms. The Bertz CT molecular complexity index is 567. The van der Waals surface area contributed by atoms with Crippen LogP contribution in [0, 0.1) is 13.8 Å². The number of nitrogens with two attached hydrogens (primary N) is 1. The van der Waals surface area contributed by atoms with Gasteiger partial charge in [-0.05, 0) is 31.9 Å².